The summed E-state index contributed by atoms with van der Waals surface area (Å²) in [4.78, 5) is 22.0. The fourth-order valence-corrected chi connectivity index (χ4v) is 1.98. The minimum atomic E-state index is -0.797. The van der Waals surface area contributed by atoms with Gasteiger partial charge >= 0.3 is 5.97 Å². The molecular weight excluding hydrogens is 333 g/mol. The van der Waals surface area contributed by atoms with Gasteiger partial charge in [-0.3, -0.25) is 9.59 Å². The molecule has 0 radical (unpaired) electrons. The number of hydrogen-bond donors (Lipinski definition) is 2. The summed E-state index contributed by atoms with van der Waals surface area (Å²) in [5.41, 5.74) is 0.659. The third kappa shape index (κ3) is 5.16. The highest BCUT2D eigenvalue weighted by Gasteiger charge is 2.07. The Kier molecular flexibility index (Phi) is 5.96. The Morgan fingerprint density at radius 2 is 1.94 bits per heavy atom. The molecular formula is C12H14INO3. The number of unbranched alkanes of at least 4 members (excludes halogenated alkanes) is 1. The number of carboxylic acids is 1. The Hall–Kier alpha value is -1.11. The molecule has 0 aliphatic heterocycles. The third-order valence-electron chi connectivity index (χ3n) is 2.22. The van der Waals surface area contributed by atoms with E-state index in [1.807, 2.05) is 18.2 Å². The van der Waals surface area contributed by atoms with E-state index in [1.54, 1.807) is 6.07 Å². The number of benzene rings is 1. The maximum Gasteiger partial charge on any atom is 0.303 e. The van der Waals surface area contributed by atoms with Gasteiger partial charge in [0.25, 0.3) is 5.91 Å². The van der Waals surface area contributed by atoms with Crippen molar-refractivity contribution >= 4 is 34.5 Å². The second kappa shape index (κ2) is 7.26. The van der Waals surface area contributed by atoms with E-state index in [4.69, 9.17) is 5.11 Å². The van der Waals surface area contributed by atoms with Crippen LogP contribution in [-0.2, 0) is 4.79 Å². The second-order valence-electron chi connectivity index (χ2n) is 3.59. The fourth-order valence-electron chi connectivity index (χ4n) is 1.34. The highest BCUT2D eigenvalue weighted by atomic mass is 127. The summed E-state index contributed by atoms with van der Waals surface area (Å²) < 4.78 is 0.910. The first-order chi connectivity index (χ1) is 8.11. The number of carbonyl (C=O) groups excluding carboxylic acids is 1. The topological polar surface area (TPSA) is 66.4 Å². The lowest BCUT2D eigenvalue weighted by Crippen LogP contribution is -2.25. The molecule has 1 rings (SSSR count). The van der Waals surface area contributed by atoms with E-state index < -0.39 is 5.97 Å². The number of carbonyl (C=O) groups is 2. The maximum atomic E-state index is 11.7. The minimum absolute atomic E-state index is 0.106. The van der Waals surface area contributed by atoms with Gasteiger partial charge in [0.2, 0.25) is 0 Å². The van der Waals surface area contributed by atoms with Crippen LogP contribution in [0.4, 0.5) is 0 Å². The third-order valence-corrected chi connectivity index (χ3v) is 3.16. The molecule has 4 nitrogen and oxygen atoms in total. The fraction of sp³-hybridized carbons (Fsp3) is 0.333. The zero-order valence-electron chi connectivity index (χ0n) is 9.28. The monoisotopic (exact) mass is 347 g/mol. The number of carboxylic acid groups (broad SMARTS) is 1. The Morgan fingerprint density at radius 3 is 2.59 bits per heavy atom. The Balaban J connectivity index is 2.31. The van der Waals surface area contributed by atoms with Crippen molar-refractivity contribution in [1.82, 2.24) is 5.32 Å². The predicted octanol–water partition coefficient (Wildman–Crippen LogP) is 2.28. The lowest BCUT2D eigenvalue weighted by atomic mass is 10.2. The van der Waals surface area contributed by atoms with Gasteiger partial charge < -0.3 is 10.4 Å². The van der Waals surface area contributed by atoms with Crippen LogP contribution >= 0.6 is 22.6 Å². The smallest absolute Gasteiger partial charge is 0.303 e. The highest BCUT2D eigenvalue weighted by Crippen LogP contribution is 2.10. The van der Waals surface area contributed by atoms with Crippen LogP contribution in [0.1, 0.15) is 29.6 Å². The Bertz CT molecular complexity index is 406. The average molecular weight is 347 g/mol. The number of amides is 1. The molecule has 0 aliphatic carbocycles. The Labute approximate surface area is 114 Å². The molecule has 92 valence electrons. The van der Waals surface area contributed by atoms with Crippen LogP contribution in [0.2, 0.25) is 0 Å². The largest absolute Gasteiger partial charge is 0.481 e. The van der Waals surface area contributed by atoms with Crippen molar-refractivity contribution in [3.05, 3.63) is 33.4 Å². The summed E-state index contributed by atoms with van der Waals surface area (Å²) in [7, 11) is 0. The quantitative estimate of drug-likeness (QED) is 0.613. The second-order valence-corrected chi connectivity index (χ2v) is 4.75. The molecule has 5 heteroatoms. The van der Waals surface area contributed by atoms with E-state index in [0.29, 0.717) is 24.9 Å². The van der Waals surface area contributed by atoms with Crippen LogP contribution in [0.15, 0.2) is 24.3 Å². The molecule has 0 bridgehead atoms. The van der Waals surface area contributed by atoms with Crippen molar-refractivity contribution in [2.24, 2.45) is 0 Å². The predicted molar refractivity (Wildman–Crippen MR) is 73.0 cm³/mol. The molecule has 0 saturated heterocycles. The Morgan fingerprint density at radius 1 is 1.24 bits per heavy atom. The van der Waals surface area contributed by atoms with Crippen molar-refractivity contribution in [3.8, 4) is 0 Å². The number of hydrogen-bond acceptors (Lipinski definition) is 2. The normalized spacial score (nSPS) is 9.94. The first kappa shape index (κ1) is 14.0. The molecule has 0 spiro atoms. The van der Waals surface area contributed by atoms with Gasteiger partial charge in [0.1, 0.15) is 0 Å². The molecule has 2 N–H and O–H groups in total. The van der Waals surface area contributed by atoms with Crippen molar-refractivity contribution < 1.29 is 14.7 Å². The van der Waals surface area contributed by atoms with E-state index in [2.05, 4.69) is 27.9 Å². The summed E-state index contributed by atoms with van der Waals surface area (Å²) in [6.07, 6.45) is 1.42. The molecule has 0 unspecified atom stereocenters. The molecule has 17 heavy (non-hydrogen) atoms. The van der Waals surface area contributed by atoms with Crippen molar-refractivity contribution in [2.45, 2.75) is 19.3 Å². The van der Waals surface area contributed by atoms with Crippen molar-refractivity contribution in [1.29, 1.82) is 0 Å². The number of aliphatic carboxylic acids is 1. The molecule has 0 heterocycles. The summed E-state index contributed by atoms with van der Waals surface area (Å²) in [5.74, 6) is -0.903. The van der Waals surface area contributed by atoms with E-state index in [-0.39, 0.29) is 12.3 Å². The van der Waals surface area contributed by atoms with Gasteiger partial charge in [-0.15, -0.1) is 0 Å². The van der Waals surface area contributed by atoms with Gasteiger partial charge in [-0.05, 0) is 47.6 Å². The van der Waals surface area contributed by atoms with Crippen molar-refractivity contribution in [3.63, 3.8) is 0 Å². The van der Waals surface area contributed by atoms with Crippen LogP contribution in [0.25, 0.3) is 0 Å². The molecule has 1 aromatic rings. The van der Waals surface area contributed by atoms with Gasteiger partial charge in [-0.2, -0.15) is 0 Å². The maximum absolute atomic E-state index is 11.7. The standard InChI is InChI=1S/C12H14INO3/c13-10-6-2-1-5-9(10)12(17)14-8-4-3-7-11(15)16/h1-2,5-6H,3-4,7-8H2,(H,14,17)(H,15,16). The van der Waals surface area contributed by atoms with Gasteiger partial charge in [0, 0.05) is 16.5 Å². The van der Waals surface area contributed by atoms with Gasteiger partial charge in [-0.25, -0.2) is 0 Å². The molecule has 0 saturated carbocycles. The zero-order valence-corrected chi connectivity index (χ0v) is 11.4. The number of halogens is 1. The van der Waals surface area contributed by atoms with E-state index >= 15 is 0 Å². The molecule has 0 fully saturated rings. The lowest BCUT2D eigenvalue weighted by Gasteiger charge is -2.06. The van der Waals surface area contributed by atoms with Crippen LogP contribution in [-0.4, -0.2) is 23.5 Å². The van der Waals surface area contributed by atoms with E-state index in [9.17, 15) is 9.59 Å². The van der Waals surface area contributed by atoms with Crippen LogP contribution < -0.4 is 5.32 Å². The summed E-state index contributed by atoms with van der Waals surface area (Å²) in [5, 5.41) is 11.2. The average Bonchev–Trinajstić information content (AvgIpc) is 2.28. The van der Waals surface area contributed by atoms with Crippen molar-refractivity contribution in [2.75, 3.05) is 6.54 Å². The molecule has 0 atom stereocenters. The van der Waals surface area contributed by atoms with Crippen LogP contribution in [0.3, 0.4) is 0 Å². The molecule has 1 aromatic carbocycles. The SMILES string of the molecule is O=C(O)CCCCNC(=O)c1ccccc1I. The van der Waals surface area contributed by atoms with Crippen LogP contribution in [0.5, 0.6) is 0 Å². The minimum Gasteiger partial charge on any atom is -0.481 e. The van der Waals surface area contributed by atoms with Gasteiger partial charge in [0.15, 0.2) is 0 Å². The lowest BCUT2D eigenvalue weighted by molar-refractivity contribution is -0.137. The summed E-state index contributed by atoms with van der Waals surface area (Å²) in [6, 6.07) is 7.35. The van der Waals surface area contributed by atoms with Gasteiger partial charge in [-0.1, -0.05) is 12.1 Å². The molecule has 0 aromatic heterocycles. The first-order valence-electron chi connectivity index (χ1n) is 5.36. The van der Waals surface area contributed by atoms with Gasteiger partial charge in [0.05, 0.1) is 5.56 Å². The molecule has 0 aliphatic rings. The molecule has 1 amide bonds. The van der Waals surface area contributed by atoms with E-state index in [0.717, 1.165) is 3.57 Å². The highest BCUT2D eigenvalue weighted by molar-refractivity contribution is 14.1. The summed E-state index contributed by atoms with van der Waals surface area (Å²) in [6.45, 7) is 0.511. The first-order valence-corrected chi connectivity index (χ1v) is 6.43. The number of rotatable bonds is 6. The van der Waals surface area contributed by atoms with E-state index in [1.165, 1.54) is 0 Å². The summed E-state index contributed by atoms with van der Waals surface area (Å²) >= 11 is 2.11. The zero-order chi connectivity index (χ0) is 12.7. The number of nitrogens with one attached hydrogen (secondary N) is 1. The van der Waals surface area contributed by atoms with Crippen LogP contribution in [0, 0.1) is 3.57 Å².